The molecule has 0 aliphatic heterocycles. The Balaban J connectivity index is 1.53. The number of benzene rings is 2. The predicted molar refractivity (Wildman–Crippen MR) is 125 cm³/mol. The molecule has 0 atom stereocenters. The lowest BCUT2D eigenvalue weighted by molar-refractivity contribution is -0.116. The number of rotatable bonds is 9. The first-order valence-electron chi connectivity index (χ1n) is 10.2. The highest BCUT2D eigenvalue weighted by molar-refractivity contribution is 6.30. The van der Waals surface area contributed by atoms with Crippen LogP contribution in [0.1, 0.15) is 18.1 Å². The number of hydrogen-bond acceptors (Lipinski definition) is 3. The van der Waals surface area contributed by atoms with Crippen LogP contribution < -0.4 is 16.0 Å². The zero-order valence-electron chi connectivity index (χ0n) is 17.5. The van der Waals surface area contributed by atoms with Gasteiger partial charge in [-0.25, -0.2) is 4.99 Å². The van der Waals surface area contributed by atoms with E-state index in [-0.39, 0.29) is 12.5 Å². The maximum absolute atomic E-state index is 12.2. The van der Waals surface area contributed by atoms with E-state index >= 15 is 0 Å². The molecule has 0 saturated carbocycles. The number of carbonyl (C=O) groups is 1. The Morgan fingerprint density at radius 1 is 1.10 bits per heavy atom. The van der Waals surface area contributed by atoms with Crippen molar-refractivity contribution in [2.45, 2.75) is 26.4 Å². The highest BCUT2D eigenvalue weighted by atomic mass is 35.5. The lowest BCUT2D eigenvalue weighted by atomic mass is 10.1. The number of amides is 1. The molecule has 0 bridgehead atoms. The summed E-state index contributed by atoms with van der Waals surface area (Å²) in [6.07, 6.45) is 4.26. The minimum Gasteiger partial charge on any atom is -0.357 e. The summed E-state index contributed by atoms with van der Waals surface area (Å²) in [7, 11) is 0. The van der Waals surface area contributed by atoms with E-state index in [0.717, 1.165) is 41.7 Å². The van der Waals surface area contributed by atoms with Crippen LogP contribution in [0.4, 0.5) is 5.69 Å². The van der Waals surface area contributed by atoms with Crippen molar-refractivity contribution in [3.8, 4) is 0 Å². The monoisotopic (exact) mass is 438 g/mol. The lowest BCUT2D eigenvalue weighted by Crippen LogP contribution is -2.38. The van der Waals surface area contributed by atoms with E-state index in [9.17, 15) is 4.79 Å². The SMILES string of the molecule is CCNC(=NCc1cccc(NC(=O)Cn2cccn2)c1)NCCc1cccc(Cl)c1. The molecule has 0 radical (unpaired) electrons. The topological polar surface area (TPSA) is 83.3 Å². The summed E-state index contributed by atoms with van der Waals surface area (Å²) in [6.45, 7) is 4.22. The van der Waals surface area contributed by atoms with Crippen LogP contribution >= 0.6 is 11.6 Å². The molecule has 0 saturated heterocycles. The van der Waals surface area contributed by atoms with Gasteiger partial charge in [-0.05, 0) is 54.8 Å². The fourth-order valence-corrected chi connectivity index (χ4v) is 3.23. The third-order valence-corrected chi connectivity index (χ3v) is 4.67. The Morgan fingerprint density at radius 2 is 1.94 bits per heavy atom. The maximum atomic E-state index is 12.2. The molecule has 0 aliphatic carbocycles. The highest BCUT2D eigenvalue weighted by Gasteiger charge is 2.05. The molecule has 2 aromatic carbocycles. The van der Waals surface area contributed by atoms with Crippen molar-refractivity contribution in [3.63, 3.8) is 0 Å². The number of nitrogens with zero attached hydrogens (tertiary/aromatic N) is 3. The van der Waals surface area contributed by atoms with Crippen LogP contribution in [0.2, 0.25) is 5.02 Å². The zero-order chi connectivity index (χ0) is 21.9. The standard InChI is InChI=1S/C23H27ClN6O/c1-2-25-23(26-12-10-18-6-3-8-20(24)14-18)27-16-19-7-4-9-21(15-19)29-22(31)17-30-13-5-11-28-30/h3-9,11,13-15H,2,10,12,16-17H2,1H3,(H,29,31)(H2,25,26,27). The van der Waals surface area contributed by atoms with E-state index in [1.165, 1.54) is 5.56 Å². The van der Waals surface area contributed by atoms with Gasteiger partial charge in [-0.3, -0.25) is 9.48 Å². The number of aromatic nitrogens is 2. The Kier molecular flexibility index (Phi) is 8.48. The normalized spacial score (nSPS) is 11.2. The summed E-state index contributed by atoms with van der Waals surface area (Å²) >= 11 is 6.05. The average Bonchev–Trinajstić information content (AvgIpc) is 3.25. The largest absolute Gasteiger partial charge is 0.357 e. The molecule has 8 heteroatoms. The van der Waals surface area contributed by atoms with E-state index in [2.05, 4.69) is 32.1 Å². The van der Waals surface area contributed by atoms with Gasteiger partial charge in [0.15, 0.2) is 5.96 Å². The summed E-state index contributed by atoms with van der Waals surface area (Å²) in [5.74, 6) is 0.623. The first-order chi connectivity index (χ1) is 15.1. The van der Waals surface area contributed by atoms with Gasteiger partial charge >= 0.3 is 0 Å². The molecule has 3 N–H and O–H groups in total. The number of hydrogen-bond donors (Lipinski definition) is 3. The second kappa shape index (κ2) is 11.8. The van der Waals surface area contributed by atoms with Crippen LogP contribution in [0, 0.1) is 0 Å². The molecule has 31 heavy (non-hydrogen) atoms. The summed E-state index contributed by atoms with van der Waals surface area (Å²) in [5, 5.41) is 14.3. The van der Waals surface area contributed by atoms with Crippen LogP contribution in [0.15, 0.2) is 72.0 Å². The number of nitrogens with one attached hydrogen (secondary N) is 3. The van der Waals surface area contributed by atoms with E-state index < -0.39 is 0 Å². The number of carbonyl (C=O) groups excluding carboxylic acids is 1. The van der Waals surface area contributed by atoms with Crippen LogP contribution in [-0.2, 0) is 24.3 Å². The molecule has 0 unspecified atom stereocenters. The molecule has 1 heterocycles. The lowest BCUT2D eigenvalue weighted by Gasteiger charge is -2.12. The van der Waals surface area contributed by atoms with E-state index in [4.69, 9.17) is 11.6 Å². The van der Waals surface area contributed by atoms with Gasteiger partial charge < -0.3 is 16.0 Å². The van der Waals surface area contributed by atoms with Gasteiger partial charge in [-0.2, -0.15) is 5.10 Å². The van der Waals surface area contributed by atoms with Crippen molar-refractivity contribution in [3.05, 3.63) is 83.1 Å². The average molecular weight is 439 g/mol. The smallest absolute Gasteiger partial charge is 0.246 e. The predicted octanol–water partition coefficient (Wildman–Crippen LogP) is 3.47. The second-order valence-electron chi connectivity index (χ2n) is 6.95. The van der Waals surface area contributed by atoms with Crippen LogP contribution in [0.5, 0.6) is 0 Å². The van der Waals surface area contributed by atoms with Gasteiger partial charge in [0, 0.05) is 36.2 Å². The molecule has 1 amide bonds. The van der Waals surface area contributed by atoms with Crippen molar-refractivity contribution in [2.75, 3.05) is 18.4 Å². The van der Waals surface area contributed by atoms with E-state index in [1.54, 1.807) is 23.1 Å². The third-order valence-electron chi connectivity index (χ3n) is 4.43. The Labute approximate surface area is 187 Å². The summed E-state index contributed by atoms with van der Waals surface area (Å²) in [6, 6.07) is 17.3. The Morgan fingerprint density at radius 3 is 2.71 bits per heavy atom. The van der Waals surface area contributed by atoms with Crippen molar-refractivity contribution < 1.29 is 4.79 Å². The second-order valence-corrected chi connectivity index (χ2v) is 7.39. The number of halogens is 1. The maximum Gasteiger partial charge on any atom is 0.246 e. The van der Waals surface area contributed by atoms with Gasteiger partial charge in [0.1, 0.15) is 6.54 Å². The fraction of sp³-hybridized carbons (Fsp3) is 0.261. The minimum absolute atomic E-state index is 0.125. The van der Waals surface area contributed by atoms with Crippen LogP contribution in [0.3, 0.4) is 0 Å². The number of guanidine groups is 1. The van der Waals surface area contributed by atoms with Gasteiger partial charge in [-0.1, -0.05) is 35.9 Å². The molecule has 0 spiro atoms. The van der Waals surface area contributed by atoms with Crippen molar-refractivity contribution in [1.29, 1.82) is 0 Å². The quantitative estimate of drug-likeness (QED) is 0.353. The first kappa shape index (κ1) is 22.4. The molecule has 7 nitrogen and oxygen atoms in total. The van der Waals surface area contributed by atoms with Crippen molar-refractivity contribution >= 4 is 29.2 Å². The van der Waals surface area contributed by atoms with Gasteiger partial charge in [0.25, 0.3) is 0 Å². The molecule has 3 aromatic rings. The molecular weight excluding hydrogens is 412 g/mol. The molecule has 3 rings (SSSR count). The fourth-order valence-electron chi connectivity index (χ4n) is 3.02. The van der Waals surface area contributed by atoms with Gasteiger partial charge in [0.2, 0.25) is 5.91 Å². The number of anilines is 1. The Hall–Kier alpha value is -3.32. The minimum atomic E-state index is -0.125. The number of aliphatic imine (C=N–C) groups is 1. The summed E-state index contributed by atoms with van der Waals surface area (Å²) < 4.78 is 1.58. The van der Waals surface area contributed by atoms with Crippen molar-refractivity contribution in [2.24, 2.45) is 4.99 Å². The highest BCUT2D eigenvalue weighted by Crippen LogP contribution is 2.12. The molecular formula is C23H27ClN6O. The van der Waals surface area contributed by atoms with E-state index in [1.807, 2.05) is 49.4 Å². The summed E-state index contributed by atoms with van der Waals surface area (Å²) in [4.78, 5) is 16.8. The van der Waals surface area contributed by atoms with Gasteiger partial charge in [-0.15, -0.1) is 0 Å². The molecule has 0 aliphatic rings. The van der Waals surface area contributed by atoms with Gasteiger partial charge in [0.05, 0.1) is 6.54 Å². The Bertz CT molecular complexity index is 1000. The van der Waals surface area contributed by atoms with Crippen molar-refractivity contribution in [1.82, 2.24) is 20.4 Å². The van der Waals surface area contributed by atoms with Crippen LogP contribution in [-0.4, -0.2) is 34.7 Å². The first-order valence-corrected chi connectivity index (χ1v) is 10.6. The summed E-state index contributed by atoms with van der Waals surface area (Å²) in [5.41, 5.74) is 2.92. The molecule has 1 aromatic heterocycles. The zero-order valence-corrected chi connectivity index (χ0v) is 18.3. The molecule has 0 fully saturated rings. The van der Waals surface area contributed by atoms with E-state index in [0.29, 0.717) is 6.54 Å². The van der Waals surface area contributed by atoms with Crippen LogP contribution in [0.25, 0.3) is 0 Å². The third kappa shape index (κ3) is 7.79. The molecule has 162 valence electrons.